The zero-order valence-electron chi connectivity index (χ0n) is 16.1. The Hall–Kier alpha value is -3.68. The standard InChI is InChI=1S/C20H21N5O3/c1-12-9-10-13(2)16(11-12)23-20-21-14(3)18(25(26)27)19(24-20)22-15-7-5-6-8-17(15)28-4/h5-11H,1-4H3,(H2,21,22,23,24). The van der Waals surface area contributed by atoms with Gasteiger partial charge in [0.2, 0.25) is 11.8 Å². The average Bonchev–Trinajstić information content (AvgIpc) is 2.64. The van der Waals surface area contributed by atoms with Gasteiger partial charge in [-0.25, -0.2) is 4.98 Å². The molecule has 144 valence electrons. The lowest BCUT2D eigenvalue weighted by atomic mass is 10.1. The summed E-state index contributed by atoms with van der Waals surface area (Å²) in [6.07, 6.45) is 0. The Labute approximate surface area is 162 Å². The normalized spacial score (nSPS) is 10.4. The molecule has 0 fully saturated rings. The van der Waals surface area contributed by atoms with Gasteiger partial charge in [0.15, 0.2) is 0 Å². The number of rotatable bonds is 6. The Morgan fingerprint density at radius 3 is 2.46 bits per heavy atom. The highest BCUT2D eigenvalue weighted by Crippen LogP contribution is 2.33. The van der Waals surface area contributed by atoms with Gasteiger partial charge >= 0.3 is 5.69 Å². The summed E-state index contributed by atoms with van der Waals surface area (Å²) in [6, 6.07) is 13.1. The maximum Gasteiger partial charge on any atom is 0.332 e. The van der Waals surface area contributed by atoms with E-state index in [0.717, 1.165) is 16.8 Å². The van der Waals surface area contributed by atoms with Crippen LogP contribution in [-0.4, -0.2) is 22.0 Å². The molecule has 0 aliphatic carbocycles. The van der Waals surface area contributed by atoms with E-state index in [4.69, 9.17) is 4.74 Å². The summed E-state index contributed by atoms with van der Waals surface area (Å²) in [4.78, 5) is 19.7. The monoisotopic (exact) mass is 379 g/mol. The molecule has 3 aromatic rings. The first-order valence-corrected chi connectivity index (χ1v) is 8.66. The van der Waals surface area contributed by atoms with Gasteiger partial charge in [-0.1, -0.05) is 24.3 Å². The second kappa shape index (κ2) is 7.91. The SMILES string of the molecule is COc1ccccc1Nc1nc(Nc2cc(C)ccc2C)nc(C)c1[N+](=O)[O-]. The van der Waals surface area contributed by atoms with Gasteiger partial charge in [0.1, 0.15) is 11.4 Å². The Morgan fingerprint density at radius 2 is 1.75 bits per heavy atom. The lowest BCUT2D eigenvalue weighted by molar-refractivity contribution is -0.385. The van der Waals surface area contributed by atoms with Gasteiger partial charge in [0.25, 0.3) is 0 Å². The van der Waals surface area contributed by atoms with E-state index in [1.54, 1.807) is 25.1 Å². The molecule has 8 heteroatoms. The lowest BCUT2D eigenvalue weighted by Gasteiger charge is -2.14. The smallest absolute Gasteiger partial charge is 0.332 e. The van der Waals surface area contributed by atoms with Gasteiger partial charge in [0.05, 0.1) is 17.7 Å². The topological polar surface area (TPSA) is 102 Å². The third kappa shape index (κ3) is 4.01. The van der Waals surface area contributed by atoms with Crippen molar-refractivity contribution in [2.24, 2.45) is 0 Å². The van der Waals surface area contributed by atoms with Gasteiger partial charge in [-0.05, 0) is 50.1 Å². The van der Waals surface area contributed by atoms with Crippen molar-refractivity contribution < 1.29 is 9.66 Å². The summed E-state index contributed by atoms with van der Waals surface area (Å²) in [5, 5.41) is 17.8. The first-order valence-electron chi connectivity index (χ1n) is 8.66. The van der Waals surface area contributed by atoms with Crippen molar-refractivity contribution in [3.05, 3.63) is 69.4 Å². The maximum absolute atomic E-state index is 11.6. The Bertz CT molecular complexity index is 1040. The number of ether oxygens (including phenoxy) is 1. The predicted octanol–water partition coefficient (Wildman–Crippen LogP) is 4.81. The summed E-state index contributed by atoms with van der Waals surface area (Å²) >= 11 is 0. The van der Waals surface area contributed by atoms with Crippen molar-refractivity contribution >= 4 is 28.8 Å². The zero-order valence-corrected chi connectivity index (χ0v) is 16.1. The number of nitro groups is 1. The zero-order chi connectivity index (χ0) is 20.3. The second-order valence-corrected chi connectivity index (χ2v) is 6.36. The molecule has 3 rings (SSSR count). The van der Waals surface area contributed by atoms with Crippen LogP contribution in [0.5, 0.6) is 5.75 Å². The molecule has 0 aliphatic rings. The van der Waals surface area contributed by atoms with Crippen LogP contribution in [0.25, 0.3) is 0 Å². The van der Waals surface area contributed by atoms with Crippen molar-refractivity contribution in [3.8, 4) is 5.75 Å². The number of nitrogens with zero attached hydrogens (tertiary/aromatic N) is 3. The molecule has 0 aliphatic heterocycles. The van der Waals surface area contributed by atoms with Crippen molar-refractivity contribution in [2.45, 2.75) is 20.8 Å². The maximum atomic E-state index is 11.6. The van der Waals surface area contributed by atoms with Gasteiger partial charge in [-0.2, -0.15) is 4.98 Å². The number of benzene rings is 2. The molecule has 0 saturated heterocycles. The summed E-state index contributed by atoms with van der Waals surface area (Å²) in [5.41, 5.74) is 3.59. The molecule has 2 N–H and O–H groups in total. The third-order valence-corrected chi connectivity index (χ3v) is 4.24. The molecule has 0 bridgehead atoms. The second-order valence-electron chi connectivity index (χ2n) is 6.36. The van der Waals surface area contributed by atoms with Crippen LogP contribution in [0.3, 0.4) is 0 Å². The molecule has 0 radical (unpaired) electrons. The van der Waals surface area contributed by atoms with E-state index in [2.05, 4.69) is 20.6 Å². The molecule has 0 unspecified atom stereocenters. The number of hydrogen-bond donors (Lipinski definition) is 2. The van der Waals surface area contributed by atoms with Gasteiger partial charge < -0.3 is 15.4 Å². The quantitative estimate of drug-likeness (QED) is 0.468. The van der Waals surface area contributed by atoms with E-state index in [0.29, 0.717) is 11.4 Å². The van der Waals surface area contributed by atoms with Crippen LogP contribution in [0.1, 0.15) is 16.8 Å². The predicted molar refractivity (Wildman–Crippen MR) is 109 cm³/mol. The summed E-state index contributed by atoms with van der Waals surface area (Å²) in [5.74, 6) is 0.918. The minimum absolute atomic E-state index is 0.0924. The molecular weight excluding hydrogens is 358 g/mol. The highest BCUT2D eigenvalue weighted by Gasteiger charge is 2.23. The van der Waals surface area contributed by atoms with E-state index < -0.39 is 4.92 Å². The number of para-hydroxylation sites is 2. The minimum Gasteiger partial charge on any atom is -0.495 e. The summed E-state index contributed by atoms with van der Waals surface area (Å²) < 4.78 is 5.31. The lowest BCUT2D eigenvalue weighted by Crippen LogP contribution is -2.08. The molecule has 1 aromatic heterocycles. The fraction of sp³-hybridized carbons (Fsp3) is 0.200. The molecule has 28 heavy (non-hydrogen) atoms. The molecule has 0 spiro atoms. The average molecular weight is 379 g/mol. The molecular formula is C20H21N5O3. The van der Waals surface area contributed by atoms with Crippen LogP contribution >= 0.6 is 0 Å². The van der Waals surface area contributed by atoms with E-state index in [1.165, 1.54) is 7.11 Å². The largest absolute Gasteiger partial charge is 0.495 e. The van der Waals surface area contributed by atoms with Gasteiger partial charge in [-0.3, -0.25) is 10.1 Å². The molecule has 0 amide bonds. The van der Waals surface area contributed by atoms with Crippen molar-refractivity contribution in [1.29, 1.82) is 0 Å². The van der Waals surface area contributed by atoms with Crippen LogP contribution in [0, 0.1) is 30.9 Å². The van der Waals surface area contributed by atoms with E-state index in [9.17, 15) is 10.1 Å². The third-order valence-electron chi connectivity index (χ3n) is 4.24. The first kappa shape index (κ1) is 19.1. The molecule has 2 aromatic carbocycles. The van der Waals surface area contributed by atoms with Crippen molar-refractivity contribution in [1.82, 2.24) is 9.97 Å². The molecule has 0 atom stereocenters. The Balaban J connectivity index is 2.05. The van der Waals surface area contributed by atoms with E-state index >= 15 is 0 Å². The van der Waals surface area contributed by atoms with E-state index in [-0.39, 0.29) is 23.1 Å². The number of anilines is 4. The number of aryl methyl sites for hydroxylation is 3. The molecule has 0 saturated carbocycles. The van der Waals surface area contributed by atoms with Crippen LogP contribution in [-0.2, 0) is 0 Å². The minimum atomic E-state index is -0.491. The van der Waals surface area contributed by atoms with Crippen LogP contribution < -0.4 is 15.4 Å². The van der Waals surface area contributed by atoms with E-state index in [1.807, 2.05) is 38.1 Å². The highest BCUT2D eigenvalue weighted by molar-refractivity contribution is 5.72. The van der Waals surface area contributed by atoms with Gasteiger partial charge in [-0.15, -0.1) is 0 Å². The fourth-order valence-electron chi connectivity index (χ4n) is 2.80. The molecule has 1 heterocycles. The van der Waals surface area contributed by atoms with Gasteiger partial charge in [0, 0.05) is 5.69 Å². The fourth-order valence-corrected chi connectivity index (χ4v) is 2.80. The van der Waals surface area contributed by atoms with Crippen LogP contribution in [0.4, 0.5) is 28.8 Å². The summed E-state index contributed by atoms with van der Waals surface area (Å²) in [6.45, 7) is 5.54. The number of nitrogens with one attached hydrogen (secondary N) is 2. The number of hydrogen-bond acceptors (Lipinski definition) is 7. The molecule has 8 nitrogen and oxygen atoms in total. The highest BCUT2D eigenvalue weighted by atomic mass is 16.6. The van der Waals surface area contributed by atoms with Crippen molar-refractivity contribution in [3.63, 3.8) is 0 Å². The first-order chi connectivity index (χ1) is 13.4. The number of methoxy groups -OCH3 is 1. The van der Waals surface area contributed by atoms with Crippen LogP contribution in [0.15, 0.2) is 42.5 Å². The van der Waals surface area contributed by atoms with Crippen molar-refractivity contribution in [2.75, 3.05) is 17.7 Å². The van der Waals surface area contributed by atoms with Crippen LogP contribution in [0.2, 0.25) is 0 Å². The summed E-state index contributed by atoms with van der Waals surface area (Å²) in [7, 11) is 1.54. The Morgan fingerprint density at radius 1 is 1.00 bits per heavy atom. The Kier molecular flexibility index (Phi) is 5.39. The number of aromatic nitrogens is 2.